The first kappa shape index (κ1) is 14.4. The fourth-order valence-corrected chi connectivity index (χ4v) is 3.24. The van der Waals surface area contributed by atoms with Crippen molar-refractivity contribution >= 4 is 16.0 Å². The SMILES string of the molecule is CC(C)CS(=O)(=O)N(CC(=O)O)C(C)C. The highest BCUT2D eigenvalue weighted by atomic mass is 32.2. The Labute approximate surface area is 91.1 Å². The van der Waals surface area contributed by atoms with Crippen LogP contribution in [0.25, 0.3) is 0 Å². The lowest BCUT2D eigenvalue weighted by molar-refractivity contribution is -0.137. The first-order chi connectivity index (χ1) is 6.66. The molecule has 0 amide bonds. The van der Waals surface area contributed by atoms with Crippen molar-refractivity contribution in [2.24, 2.45) is 5.92 Å². The van der Waals surface area contributed by atoms with Gasteiger partial charge in [0.2, 0.25) is 10.0 Å². The van der Waals surface area contributed by atoms with Crippen molar-refractivity contribution in [3.63, 3.8) is 0 Å². The molecule has 0 aliphatic heterocycles. The molecule has 0 aromatic carbocycles. The molecule has 0 bridgehead atoms. The molecule has 0 rings (SSSR count). The second-order valence-electron chi connectivity index (χ2n) is 4.21. The third-order valence-corrected chi connectivity index (χ3v) is 4.12. The molecule has 0 aromatic rings. The summed E-state index contributed by atoms with van der Waals surface area (Å²) >= 11 is 0. The van der Waals surface area contributed by atoms with E-state index in [2.05, 4.69) is 0 Å². The Morgan fingerprint density at radius 2 is 1.73 bits per heavy atom. The van der Waals surface area contributed by atoms with E-state index in [1.165, 1.54) is 0 Å². The van der Waals surface area contributed by atoms with Gasteiger partial charge in [0.15, 0.2) is 0 Å². The van der Waals surface area contributed by atoms with Crippen LogP contribution >= 0.6 is 0 Å². The van der Waals surface area contributed by atoms with E-state index in [1.807, 2.05) is 0 Å². The first-order valence-electron chi connectivity index (χ1n) is 4.88. The molecular weight excluding hydrogens is 218 g/mol. The number of carbonyl (C=O) groups is 1. The number of rotatable bonds is 6. The monoisotopic (exact) mass is 237 g/mol. The average Bonchev–Trinajstić information content (AvgIpc) is 1.96. The molecule has 0 saturated carbocycles. The average molecular weight is 237 g/mol. The smallest absolute Gasteiger partial charge is 0.318 e. The molecular formula is C9H19NO4S. The Morgan fingerprint density at radius 3 is 2.00 bits per heavy atom. The lowest BCUT2D eigenvalue weighted by Gasteiger charge is -2.24. The third-order valence-electron chi connectivity index (χ3n) is 1.77. The highest BCUT2D eigenvalue weighted by Crippen LogP contribution is 2.10. The zero-order valence-electron chi connectivity index (χ0n) is 9.60. The first-order valence-corrected chi connectivity index (χ1v) is 6.49. The molecule has 0 aromatic heterocycles. The maximum absolute atomic E-state index is 11.8. The molecule has 0 radical (unpaired) electrons. The molecule has 90 valence electrons. The van der Waals surface area contributed by atoms with Gasteiger partial charge in [0.1, 0.15) is 6.54 Å². The van der Waals surface area contributed by atoms with Gasteiger partial charge in [-0.2, -0.15) is 4.31 Å². The van der Waals surface area contributed by atoms with Crippen LogP contribution in [0.15, 0.2) is 0 Å². The van der Waals surface area contributed by atoms with Crippen LogP contribution in [-0.4, -0.2) is 42.1 Å². The number of nitrogens with zero attached hydrogens (tertiary/aromatic N) is 1. The number of carboxylic acid groups (broad SMARTS) is 1. The van der Waals surface area contributed by atoms with E-state index < -0.39 is 22.5 Å². The van der Waals surface area contributed by atoms with Crippen molar-refractivity contribution < 1.29 is 18.3 Å². The maximum Gasteiger partial charge on any atom is 0.318 e. The van der Waals surface area contributed by atoms with Gasteiger partial charge in [-0.1, -0.05) is 13.8 Å². The number of hydrogen-bond donors (Lipinski definition) is 1. The standard InChI is InChI=1S/C9H19NO4S/c1-7(2)6-15(13,14)10(8(3)4)5-9(11)12/h7-8H,5-6H2,1-4H3,(H,11,12). The molecule has 0 fully saturated rings. The quantitative estimate of drug-likeness (QED) is 0.740. The Hall–Kier alpha value is -0.620. The van der Waals surface area contributed by atoms with Gasteiger partial charge in [0, 0.05) is 6.04 Å². The van der Waals surface area contributed by atoms with Gasteiger partial charge in [-0.3, -0.25) is 4.79 Å². The van der Waals surface area contributed by atoms with Gasteiger partial charge in [0.25, 0.3) is 0 Å². The summed E-state index contributed by atoms with van der Waals surface area (Å²) in [5.41, 5.74) is 0. The lowest BCUT2D eigenvalue weighted by Crippen LogP contribution is -2.42. The van der Waals surface area contributed by atoms with E-state index >= 15 is 0 Å². The van der Waals surface area contributed by atoms with E-state index in [9.17, 15) is 13.2 Å². The number of hydrogen-bond acceptors (Lipinski definition) is 3. The fraction of sp³-hybridized carbons (Fsp3) is 0.889. The van der Waals surface area contributed by atoms with Gasteiger partial charge in [-0.25, -0.2) is 8.42 Å². The molecule has 15 heavy (non-hydrogen) atoms. The van der Waals surface area contributed by atoms with Crippen molar-refractivity contribution in [2.75, 3.05) is 12.3 Å². The maximum atomic E-state index is 11.8. The summed E-state index contributed by atoms with van der Waals surface area (Å²) < 4.78 is 24.6. The second kappa shape index (κ2) is 5.46. The molecule has 1 N–H and O–H groups in total. The van der Waals surface area contributed by atoms with Crippen molar-refractivity contribution in [1.29, 1.82) is 0 Å². The van der Waals surface area contributed by atoms with E-state index in [-0.39, 0.29) is 17.7 Å². The minimum atomic E-state index is -3.46. The lowest BCUT2D eigenvalue weighted by atomic mass is 10.3. The van der Waals surface area contributed by atoms with Crippen molar-refractivity contribution in [3.05, 3.63) is 0 Å². The zero-order chi connectivity index (χ0) is 12.2. The summed E-state index contributed by atoms with van der Waals surface area (Å²) in [5.74, 6) is -1.15. The van der Waals surface area contributed by atoms with Crippen molar-refractivity contribution in [1.82, 2.24) is 4.31 Å². The van der Waals surface area contributed by atoms with Gasteiger partial charge >= 0.3 is 5.97 Å². The van der Waals surface area contributed by atoms with E-state index in [4.69, 9.17) is 5.11 Å². The minimum Gasteiger partial charge on any atom is -0.480 e. The van der Waals surface area contributed by atoms with Crippen molar-refractivity contribution in [3.8, 4) is 0 Å². The summed E-state index contributed by atoms with van der Waals surface area (Å²) in [5, 5.41) is 8.62. The van der Waals surface area contributed by atoms with Gasteiger partial charge in [-0.05, 0) is 19.8 Å². The van der Waals surface area contributed by atoms with E-state index in [0.29, 0.717) is 0 Å². The Balaban J connectivity index is 4.83. The number of aliphatic carboxylic acids is 1. The molecule has 6 heteroatoms. The topological polar surface area (TPSA) is 74.7 Å². The Morgan fingerprint density at radius 1 is 1.27 bits per heavy atom. The molecule has 0 aliphatic carbocycles. The highest BCUT2D eigenvalue weighted by Gasteiger charge is 2.27. The zero-order valence-corrected chi connectivity index (χ0v) is 10.4. The molecule has 0 aliphatic rings. The van der Waals surface area contributed by atoms with Gasteiger partial charge in [-0.15, -0.1) is 0 Å². The molecule has 5 nitrogen and oxygen atoms in total. The molecule has 0 saturated heterocycles. The summed E-state index contributed by atoms with van der Waals surface area (Å²) in [6, 6.07) is -0.329. The largest absolute Gasteiger partial charge is 0.480 e. The summed E-state index contributed by atoms with van der Waals surface area (Å²) in [4.78, 5) is 10.5. The predicted octanol–water partition coefficient (Wildman–Crippen LogP) is 0.767. The van der Waals surface area contributed by atoms with Crippen LogP contribution in [-0.2, 0) is 14.8 Å². The van der Waals surface area contributed by atoms with Crippen LogP contribution < -0.4 is 0 Å². The summed E-state index contributed by atoms with van der Waals surface area (Å²) in [6.45, 7) is 6.45. The molecule has 0 heterocycles. The second-order valence-corrected chi connectivity index (χ2v) is 6.17. The molecule has 0 unspecified atom stereocenters. The van der Waals surface area contributed by atoms with Crippen LogP contribution in [0.2, 0.25) is 0 Å². The Bertz CT molecular complexity index is 308. The van der Waals surface area contributed by atoms with Crippen LogP contribution in [0, 0.1) is 5.92 Å². The number of sulfonamides is 1. The van der Waals surface area contributed by atoms with Crippen molar-refractivity contribution in [2.45, 2.75) is 33.7 Å². The van der Waals surface area contributed by atoms with Crippen LogP contribution in [0.1, 0.15) is 27.7 Å². The normalized spacial score (nSPS) is 12.7. The molecule has 0 atom stereocenters. The summed E-state index contributed by atoms with van der Waals surface area (Å²) in [7, 11) is -3.46. The summed E-state index contributed by atoms with van der Waals surface area (Å²) in [6.07, 6.45) is 0. The highest BCUT2D eigenvalue weighted by molar-refractivity contribution is 7.89. The fourth-order valence-electron chi connectivity index (χ4n) is 1.25. The van der Waals surface area contributed by atoms with Crippen LogP contribution in [0.5, 0.6) is 0 Å². The minimum absolute atomic E-state index is 0.00922. The van der Waals surface area contributed by atoms with Crippen LogP contribution in [0.3, 0.4) is 0 Å². The van der Waals surface area contributed by atoms with Gasteiger partial charge < -0.3 is 5.11 Å². The Kier molecular flexibility index (Phi) is 5.23. The number of carboxylic acids is 1. The van der Waals surface area contributed by atoms with Crippen LogP contribution in [0.4, 0.5) is 0 Å². The molecule has 0 spiro atoms. The predicted molar refractivity (Wildman–Crippen MR) is 58.1 cm³/mol. The van der Waals surface area contributed by atoms with Gasteiger partial charge in [0.05, 0.1) is 5.75 Å². The van der Waals surface area contributed by atoms with E-state index in [0.717, 1.165) is 4.31 Å². The van der Waals surface area contributed by atoms with E-state index in [1.54, 1.807) is 27.7 Å². The third kappa shape index (κ3) is 5.13.